The largest absolute Gasteiger partial charge is 0.444 e. The van der Waals surface area contributed by atoms with Crippen molar-refractivity contribution < 1.29 is 9.53 Å². The van der Waals surface area contributed by atoms with Gasteiger partial charge in [0.2, 0.25) is 0 Å². The van der Waals surface area contributed by atoms with Crippen LogP contribution in [0.2, 0.25) is 0 Å². The number of hydrogen-bond donors (Lipinski definition) is 0. The zero-order valence-electron chi connectivity index (χ0n) is 11.1. The first-order chi connectivity index (χ1) is 7.44. The highest BCUT2D eigenvalue weighted by Gasteiger charge is 2.29. The molecule has 3 nitrogen and oxygen atoms in total. The number of piperidine rings is 1. The minimum Gasteiger partial charge on any atom is -0.444 e. The molecule has 1 aliphatic rings. The fraction of sp³-hybridized carbons (Fsp3) is 0.923. The summed E-state index contributed by atoms with van der Waals surface area (Å²) in [6.07, 6.45) is 5.57. The van der Waals surface area contributed by atoms with Crippen LogP contribution in [0.3, 0.4) is 0 Å². The Labute approximate surface area is 99.1 Å². The summed E-state index contributed by atoms with van der Waals surface area (Å²) in [5, 5.41) is 0. The molecule has 3 heteroatoms. The average molecular weight is 227 g/mol. The van der Waals surface area contributed by atoms with E-state index in [-0.39, 0.29) is 11.7 Å². The molecule has 94 valence electrons. The van der Waals surface area contributed by atoms with E-state index in [4.69, 9.17) is 4.74 Å². The molecule has 0 bridgehead atoms. The lowest BCUT2D eigenvalue weighted by molar-refractivity contribution is 0.00881. The topological polar surface area (TPSA) is 29.5 Å². The molecule has 1 heterocycles. The number of carbonyl (C=O) groups is 1. The zero-order valence-corrected chi connectivity index (χ0v) is 11.1. The van der Waals surface area contributed by atoms with Gasteiger partial charge in [0.15, 0.2) is 0 Å². The first-order valence-electron chi connectivity index (χ1n) is 6.43. The second-order valence-electron chi connectivity index (χ2n) is 5.61. The molecule has 0 aromatic rings. The lowest BCUT2D eigenvalue weighted by Gasteiger charge is -2.36. The molecular weight excluding hydrogens is 202 g/mol. The van der Waals surface area contributed by atoms with Crippen LogP contribution in [0, 0.1) is 0 Å². The number of amides is 1. The molecule has 0 aliphatic carbocycles. The van der Waals surface area contributed by atoms with Gasteiger partial charge in [0, 0.05) is 12.6 Å². The predicted octanol–water partition coefficient (Wildman–Crippen LogP) is 3.58. The second kappa shape index (κ2) is 5.55. The van der Waals surface area contributed by atoms with Crippen LogP contribution in [0.15, 0.2) is 0 Å². The number of ether oxygens (including phenoxy) is 1. The number of rotatable bonds is 2. The van der Waals surface area contributed by atoms with Crippen molar-refractivity contribution in [2.45, 2.75) is 71.4 Å². The molecule has 0 radical (unpaired) electrons. The standard InChI is InChI=1S/C13H25NO2/c1-5-8-11-9-6-7-10-14(11)12(15)16-13(2,3)4/h11H,5-10H2,1-4H3/t11-/m1/s1. The molecule has 0 aromatic carbocycles. The van der Waals surface area contributed by atoms with E-state index in [1.165, 1.54) is 6.42 Å². The molecule has 0 saturated carbocycles. The second-order valence-corrected chi connectivity index (χ2v) is 5.61. The Balaban J connectivity index is 2.57. The molecule has 0 aromatic heterocycles. The van der Waals surface area contributed by atoms with Gasteiger partial charge in [-0.05, 0) is 46.5 Å². The van der Waals surface area contributed by atoms with Gasteiger partial charge in [-0.1, -0.05) is 13.3 Å². The third kappa shape index (κ3) is 4.03. The third-order valence-electron chi connectivity index (χ3n) is 2.88. The number of likely N-dealkylation sites (tertiary alicyclic amines) is 1. The monoisotopic (exact) mass is 227 g/mol. The molecule has 1 rings (SSSR count). The van der Waals surface area contributed by atoms with Gasteiger partial charge in [-0.3, -0.25) is 0 Å². The molecule has 0 spiro atoms. The van der Waals surface area contributed by atoms with Crippen molar-refractivity contribution in [3.8, 4) is 0 Å². The SMILES string of the molecule is CCC[C@@H]1CCCCN1C(=O)OC(C)(C)C. The summed E-state index contributed by atoms with van der Waals surface area (Å²) < 4.78 is 5.44. The summed E-state index contributed by atoms with van der Waals surface area (Å²) >= 11 is 0. The summed E-state index contributed by atoms with van der Waals surface area (Å²) in [6, 6.07) is 0.397. The average Bonchev–Trinajstić information content (AvgIpc) is 2.16. The minimum atomic E-state index is -0.384. The highest BCUT2D eigenvalue weighted by molar-refractivity contribution is 5.68. The van der Waals surface area contributed by atoms with E-state index in [0.29, 0.717) is 6.04 Å². The van der Waals surface area contributed by atoms with Gasteiger partial charge in [-0.2, -0.15) is 0 Å². The Morgan fingerprint density at radius 2 is 2.06 bits per heavy atom. The van der Waals surface area contributed by atoms with E-state index in [0.717, 1.165) is 32.2 Å². The van der Waals surface area contributed by atoms with Crippen LogP contribution in [0.1, 0.15) is 59.8 Å². The van der Waals surface area contributed by atoms with Gasteiger partial charge < -0.3 is 9.64 Å². The van der Waals surface area contributed by atoms with Crippen molar-refractivity contribution in [3.05, 3.63) is 0 Å². The Hall–Kier alpha value is -0.730. The van der Waals surface area contributed by atoms with E-state index in [1.807, 2.05) is 25.7 Å². The Morgan fingerprint density at radius 3 is 2.62 bits per heavy atom. The third-order valence-corrected chi connectivity index (χ3v) is 2.88. The molecule has 1 atom stereocenters. The van der Waals surface area contributed by atoms with Crippen LogP contribution in [-0.2, 0) is 4.74 Å². The van der Waals surface area contributed by atoms with Crippen LogP contribution in [0.4, 0.5) is 4.79 Å². The normalized spacial score (nSPS) is 22.0. The van der Waals surface area contributed by atoms with E-state index in [1.54, 1.807) is 0 Å². The van der Waals surface area contributed by atoms with Crippen molar-refractivity contribution in [1.82, 2.24) is 4.90 Å². The molecular formula is C13H25NO2. The van der Waals surface area contributed by atoms with Crippen molar-refractivity contribution in [3.63, 3.8) is 0 Å². The number of carbonyl (C=O) groups excluding carboxylic acids is 1. The lowest BCUT2D eigenvalue weighted by atomic mass is 9.99. The molecule has 0 N–H and O–H groups in total. The van der Waals surface area contributed by atoms with E-state index in [9.17, 15) is 4.79 Å². The summed E-state index contributed by atoms with van der Waals surface area (Å²) in [4.78, 5) is 13.9. The van der Waals surface area contributed by atoms with E-state index >= 15 is 0 Å². The summed E-state index contributed by atoms with van der Waals surface area (Å²) in [7, 11) is 0. The van der Waals surface area contributed by atoms with Crippen LogP contribution in [0.25, 0.3) is 0 Å². The van der Waals surface area contributed by atoms with Gasteiger partial charge in [0.05, 0.1) is 0 Å². The van der Waals surface area contributed by atoms with Crippen molar-refractivity contribution >= 4 is 6.09 Å². The molecule has 1 aliphatic heterocycles. The van der Waals surface area contributed by atoms with E-state index in [2.05, 4.69) is 6.92 Å². The van der Waals surface area contributed by atoms with E-state index < -0.39 is 0 Å². The van der Waals surface area contributed by atoms with Gasteiger partial charge in [0.1, 0.15) is 5.60 Å². The maximum absolute atomic E-state index is 12.0. The molecule has 1 amide bonds. The van der Waals surface area contributed by atoms with Crippen LogP contribution >= 0.6 is 0 Å². The summed E-state index contributed by atoms with van der Waals surface area (Å²) in [6.45, 7) is 8.79. The quantitative estimate of drug-likeness (QED) is 0.721. The van der Waals surface area contributed by atoms with Crippen LogP contribution in [-0.4, -0.2) is 29.2 Å². The molecule has 16 heavy (non-hydrogen) atoms. The first-order valence-corrected chi connectivity index (χ1v) is 6.43. The fourth-order valence-corrected chi connectivity index (χ4v) is 2.19. The Kier molecular flexibility index (Phi) is 4.63. The van der Waals surface area contributed by atoms with Gasteiger partial charge in [-0.25, -0.2) is 4.79 Å². The smallest absolute Gasteiger partial charge is 0.410 e. The van der Waals surface area contributed by atoms with Crippen molar-refractivity contribution in [1.29, 1.82) is 0 Å². The highest BCUT2D eigenvalue weighted by atomic mass is 16.6. The molecule has 1 saturated heterocycles. The number of hydrogen-bond acceptors (Lipinski definition) is 2. The zero-order chi connectivity index (χ0) is 12.2. The van der Waals surface area contributed by atoms with Crippen molar-refractivity contribution in [2.75, 3.05) is 6.54 Å². The molecule has 0 unspecified atom stereocenters. The highest BCUT2D eigenvalue weighted by Crippen LogP contribution is 2.23. The van der Waals surface area contributed by atoms with Crippen LogP contribution < -0.4 is 0 Å². The van der Waals surface area contributed by atoms with Crippen molar-refractivity contribution in [2.24, 2.45) is 0 Å². The maximum Gasteiger partial charge on any atom is 0.410 e. The summed E-state index contributed by atoms with van der Waals surface area (Å²) in [5.74, 6) is 0. The number of nitrogens with zero attached hydrogens (tertiary/aromatic N) is 1. The maximum atomic E-state index is 12.0. The minimum absolute atomic E-state index is 0.134. The fourth-order valence-electron chi connectivity index (χ4n) is 2.19. The Morgan fingerprint density at radius 1 is 1.38 bits per heavy atom. The van der Waals surface area contributed by atoms with Crippen LogP contribution in [0.5, 0.6) is 0 Å². The summed E-state index contributed by atoms with van der Waals surface area (Å²) in [5.41, 5.74) is -0.384. The van der Waals surface area contributed by atoms with Gasteiger partial charge in [-0.15, -0.1) is 0 Å². The predicted molar refractivity (Wildman–Crippen MR) is 65.5 cm³/mol. The lowest BCUT2D eigenvalue weighted by Crippen LogP contribution is -2.46. The van der Waals surface area contributed by atoms with Gasteiger partial charge >= 0.3 is 6.09 Å². The van der Waals surface area contributed by atoms with Gasteiger partial charge in [0.25, 0.3) is 0 Å². The Bertz CT molecular complexity index is 231. The first kappa shape index (κ1) is 13.3. The molecule has 1 fully saturated rings.